The lowest BCUT2D eigenvalue weighted by Crippen LogP contribution is -2.40. The van der Waals surface area contributed by atoms with Gasteiger partial charge in [0.1, 0.15) is 0 Å². The molecule has 0 radical (unpaired) electrons. The van der Waals surface area contributed by atoms with Crippen LogP contribution in [0.2, 0.25) is 0 Å². The predicted octanol–water partition coefficient (Wildman–Crippen LogP) is 2.19. The van der Waals surface area contributed by atoms with E-state index in [1.165, 1.54) is 32.1 Å². The molecule has 2 aliphatic rings. The molecule has 0 heterocycles. The van der Waals surface area contributed by atoms with Gasteiger partial charge < -0.3 is 10.0 Å². The van der Waals surface area contributed by atoms with E-state index in [-0.39, 0.29) is 6.10 Å². The van der Waals surface area contributed by atoms with Crippen LogP contribution in [0.3, 0.4) is 0 Å². The van der Waals surface area contributed by atoms with Crippen LogP contribution in [0.5, 0.6) is 0 Å². The number of rotatable bonds is 4. The van der Waals surface area contributed by atoms with Gasteiger partial charge in [-0.05, 0) is 37.5 Å². The Kier molecular flexibility index (Phi) is 4.43. The molecule has 0 bridgehead atoms. The summed E-state index contributed by atoms with van der Waals surface area (Å²) < 4.78 is 0. The molecule has 0 spiro atoms. The molecule has 2 rings (SSSR count). The van der Waals surface area contributed by atoms with Crippen LogP contribution in [0.1, 0.15) is 51.4 Å². The quantitative estimate of drug-likeness (QED) is 0.817. The first-order chi connectivity index (χ1) is 8.15. The Morgan fingerprint density at radius 3 is 2.41 bits per heavy atom. The number of nitrogens with zero attached hydrogens (tertiary/aromatic N) is 1. The summed E-state index contributed by atoms with van der Waals surface area (Å²) in [6.45, 7) is 0.836. The van der Waals surface area contributed by atoms with Crippen molar-refractivity contribution in [1.29, 1.82) is 0 Å². The van der Waals surface area contributed by atoms with Gasteiger partial charge in [0.15, 0.2) is 0 Å². The Balaban J connectivity index is 1.67. The summed E-state index contributed by atoms with van der Waals surface area (Å²) in [5.41, 5.74) is 0. The predicted molar refractivity (Wildman–Crippen MR) is 67.6 cm³/mol. The zero-order valence-corrected chi connectivity index (χ0v) is 10.9. The number of carbonyl (C=O) groups excluding carboxylic acids is 1. The van der Waals surface area contributed by atoms with Crippen molar-refractivity contribution in [2.75, 3.05) is 13.6 Å². The largest absolute Gasteiger partial charge is 0.393 e. The Morgan fingerprint density at radius 2 is 1.82 bits per heavy atom. The number of amides is 1. The fourth-order valence-electron chi connectivity index (χ4n) is 3.13. The fraction of sp³-hybridized carbons (Fsp3) is 0.929. The smallest absolute Gasteiger partial charge is 0.222 e. The van der Waals surface area contributed by atoms with E-state index < -0.39 is 0 Å². The summed E-state index contributed by atoms with van der Waals surface area (Å²) in [5.74, 6) is 1.47. The lowest BCUT2D eigenvalue weighted by Gasteiger charge is -2.35. The summed E-state index contributed by atoms with van der Waals surface area (Å²) in [6.07, 6.45) is 8.81. The molecule has 3 heteroatoms. The van der Waals surface area contributed by atoms with Gasteiger partial charge in [-0.1, -0.05) is 19.3 Å². The van der Waals surface area contributed by atoms with Gasteiger partial charge in [0.25, 0.3) is 0 Å². The highest BCUT2D eigenvalue weighted by molar-refractivity contribution is 5.76. The van der Waals surface area contributed by atoms with Crippen molar-refractivity contribution in [1.82, 2.24) is 4.90 Å². The lowest BCUT2D eigenvalue weighted by atomic mass is 9.82. The number of hydrogen-bond acceptors (Lipinski definition) is 2. The van der Waals surface area contributed by atoms with Gasteiger partial charge in [0, 0.05) is 20.0 Å². The van der Waals surface area contributed by atoms with Gasteiger partial charge >= 0.3 is 0 Å². The van der Waals surface area contributed by atoms with E-state index in [1.807, 2.05) is 11.9 Å². The van der Waals surface area contributed by atoms with E-state index in [0.717, 1.165) is 25.8 Å². The summed E-state index contributed by atoms with van der Waals surface area (Å²) >= 11 is 0. The highest BCUT2D eigenvalue weighted by atomic mass is 16.3. The summed E-state index contributed by atoms with van der Waals surface area (Å²) in [6, 6.07) is 0. The molecule has 1 N–H and O–H groups in total. The van der Waals surface area contributed by atoms with Crippen LogP contribution in [-0.4, -0.2) is 35.6 Å². The maximum absolute atomic E-state index is 12.0. The van der Waals surface area contributed by atoms with Crippen LogP contribution in [-0.2, 0) is 4.79 Å². The Bertz CT molecular complexity index is 255. The number of aliphatic hydroxyl groups excluding tert-OH is 1. The average Bonchev–Trinajstić information content (AvgIpc) is 2.28. The van der Waals surface area contributed by atoms with Gasteiger partial charge in [-0.25, -0.2) is 0 Å². The van der Waals surface area contributed by atoms with Crippen LogP contribution in [0.25, 0.3) is 0 Å². The second-order valence-corrected chi connectivity index (χ2v) is 5.97. The highest BCUT2D eigenvalue weighted by Crippen LogP contribution is 2.29. The monoisotopic (exact) mass is 239 g/mol. The maximum atomic E-state index is 12.0. The first-order valence-electron chi connectivity index (χ1n) is 7.07. The molecular weight excluding hydrogens is 214 g/mol. The zero-order valence-electron chi connectivity index (χ0n) is 10.9. The summed E-state index contributed by atoms with van der Waals surface area (Å²) in [5, 5.41) is 9.23. The van der Waals surface area contributed by atoms with E-state index in [2.05, 4.69) is 0 Å². The lowest BCUT2D eigenvalue weighted by molar-refractivity contribution is -0.132. The molecule has 98 valence electrons. The maximum Gasteiger partial charge on any atom is 0.222 e. The minimum Gasteiger partial charge on any atom is -0.393 e. The molecule has 2 fully saturated rings. The Morgan fingerprint density at radius 1 is 1.18 bits per heavy atom. The molecular formula is C14H25NO2. The highest BCUT2D eigenvalue weighted by Gasteiger charge is 2.29. The van der Waals surface area contributed by atoms with Crippen LogP contribution >= 0.6 is 0 Å². The molecule has 0 atom stereocenters. The molecule has 2 saturated carbocycles. The normalized spacial score (nSPS) is 29.8. The third kappa shape index (κ3) is 3.70. The van der Waals surface area contributed by atoms with Crippen molar-refractivity contribution in [3.63, 3.8) is 0 Å². The van der Waals surface area contributed by atoms with E-state index in [1.54, 1.807) is 0 Å². The minimum absolute atomic E-state index is 0.109. The summed E-state index contributed by atoms with van der Waals surface area (Å²) in [4.78, 5) is 13.9. The SMILES string of the molecule is CN(CC1CC(O)C1)C(=O)CC1CCCCC1. The van der Waals surface area contributed by atoms with Gasteiger partial charge in [-0.2, -0.15) is 0 Å². The first-order valence-corrected chi connectivity index (χ1v) is 7.07. The van der Waals surface area contributed by atoms with E-state index >= 15 is 0 Å². The Hall–Kier alpha value is -0.570. The van der Waals surface area contributed by atoms with E-state index in [9.17, 15) is 9.90 Å². The number of hydrogen-bond donors (Lipinski definition) is 1. The number of carbonyl (C=O) groups is 1. The topological polar surface area (TPSA) is 40.5 Å². The van der Waals surface area contributed by atoms with E-state index in [4.69, 9.17) is 0 Å². The second-order valence-electron chi connectivity index (χ2n) is 5.97. The van der Waals surface area contributed by atoms with Crippen molar-refractivity contribution < 1.29 is 9.90 Å². The van der Waals surface area contributed by atoms with Crippen LogP contribution in [0.4, 0.5) is 0 Å². The molecule has 2 aliphatic carbocycles. The molecule has 1 amide bonds. The molecule has 0 aliphatic heterocycles. The van der Waals surface area contributed by atoms with Crippen molar-refractivity contribution in [3.8, 4) is 0 Å². The van der Waals surface area contributed by atoms with Gasteiger partial charge in [0.05, 0.1) is 6.10 Å². The van der Waals surface area contributed by atoms with Crippen LogP contribution in [0, 0.1) is 11.8 Å². The van der Waals surface area contributed by atoms with Crippen LogP contribution in [0.15, 0.2) is 0 Å². The molecule has 0 saturated heterocycles. The van der Waals surface area contributed by atoms with Crippen molar-refractivity contribution >= 4 is 5.91 Å². The van der Waals surface area contributed by atoms with Gasteiger partial charge in [-0.15, -0.1) is 0 Å². The second kappa shape index (κ2) is 5.85. The van der Waals surface area contributed by atoms with Gasteiger partial charge in [-0.3, -0.25) is 4.79 Å². The molecule has 3 nitrogen and oxygen atoms in total. The van der Waals surface area contributed by atoms with Crippen LogP contribution < -0.4 is 0 Å². The first kappa shape index (κ1) is 12.9. The minimum atomic E-state index is -0.109. The third-order valence-electron chi connectivity index (χ3n) is 4.36. The molecule has 0 aromatic rings. The summed E-state index contributed by atoms with van der Waals surface area (Å²) in [7, 11) is 1.91. The number of aliphatic hydroxyl groups is 1. The van der Waals surface area contributed by atoms with Crippen molar-refractivity contribution in [2.45, 2.75) is 57.5 Å². The molecule has 0 aromatic carbocycles. The average molecular weight is 239 g/mol. The molecule has 0 unspecified atom stereocenters. The van der Waals surface area contributed by atoms with Crippen molar-refractivity contribution in [3.05, 3.63) is 0 Å². The van der Waals surface area contributed by atoms with Crippen molar-refractivity contribution in [2.24, 2.45) is 11.8 Å². The zero-order chi connectivity index (χ0) is 12.3. The molecule has 0 aromatic heterocycles. The standard InChI is InChI=1S/C14H25NO2/c1-15(10-12-7-13(16)8-12)14(17)9-11-5-3-2-4-6-11/h11-13,16H,2-10H2,1H3. The molecule has 17 heavy (non-hydrogen) atoms. The van der Waals surface area contributed by atoms with E-state index in [0.29, 0.717) is 17.7 Å². The fourth-order valence-corrected chi connectivity index (χ4v) is 3.13. The third-order valence-corrected chi connectivity index (χ3v) is 4.36. The van der Waals surface area contributed by atoms with Gasteiger partial charge in [0.2, 0.25) is 5.91 Å². The Labute approximate surface area is 104 Å².